The largest absolute Gasteiger partial charge is 0.338 e. The first-order chi connectivity index (χ1) is 16.8. The SMILES string of the molecule is C[C@@H]1CCCCN1C(=O)Cn1cc(/C=C2/C(=O)NC(=O)N(C3CCCC3)C2=O)c2cc(Br)ccc21. The first-order valence-electron chi connectivity index (χ1n) is 12.3. The molecule has 184 valence electrons. The molecule has 0 radical (unpaired) electrons. The maximum atomic E-state index is 13.3. The molecule has 1 aliphatic carbocycles. The van der Waals surface area contributed by atoms with E-state index < -0.39 is 17.8 Å². The molecule has 3 aliphatic rings. The molecule has 2 saturated heterocycles. The van der Waals surface area contributed by atoms with Gasteiger partial charge in [0.05, 0.1) is 0 Å². The van der Waals surface area contributed by atoms with Crippen molar-refractivity contribution in [2.45, 2.75) is 70.5 Å². The number of carbonyl (C=O) groups excluding carboxylic acids is 4. The summed E-state index contributed by atoms with van der Waals surface area (Å²) in [6.07, 6.45) is 9.95. The number of fused-ring (bicyclic) bond motifs is 1. The van der Waals surface area contributed by atoms with Crippen LogP contribution in [-0.2, 0) is 20.9 Å². The fraction of sp³-hybridized carbons (Fsp3) is 0.462. The monoisotopic (exact) mass is 540 g/mol. The second kappa shape index (κ2) is 9.60. The number of halogens is 1. The molecule has 5 amide bonds. The zero-order valence-electron chi connectivity index (χ0n) is 19.8. The van der Waals surface area contributed by atoms with Crippen molar-refractivity contribution in [1.82, 2.24) is 19.7 Å². The number of nitrogens with one attached hydrogen (secondary N) is 1. The van der Waals surface area contributed by atoms with Gasteiger partial charge in [-0.3, -0.25) is 24.6 Å². The number of barbiturate groups is 1. The Bertz CT molecular complexity index is 1240. The number of carbonyl (C=O) groups is 4. The van der Waals surface area contributed by atoms with Gasteiger partial charge in [0.25, 0.3) is 11.8 Å². The highest BCUT2D eigenvalue weighted by Gasteiger charge is 2.40. The number of rotatable bonds is 4. The Morgan fingerprint density at radius 2 is 1.86 bits per heavy atom. The lowest BCUT2D eigenvalue weighted by atomic mass is 10.0. The van der Waals surface area contributed by atoms with Gasteiger partial charge in [-0.15, -0.1) is 0 Å². The maximum Gasteiger partial charge on any atom is 0.331 e. The summed E-state index contributed by atoms with van der Waals surface area (Å²) in [5.41, 5.74) is 1.43. The van der Waals surface area contributed by atoms with E-state index in [4.69, 9.17) is 0 Å². The summed E-state index contributed by atoms with van der Waals surface area (Å²) in [5.74, 6) is -1.19. The van der Waals surface area contributed by atoms with Gasteiger partial charge in [-0.05, 0) is 63.3 Å². The van der Waals surface area contributed by atoms with Crippen LogP contribution in [0.3, 0.4) is 0 Å². The predicted molar refractivity (Wildman–Crippen MR) is 135 cm³/mol. The Kier molecular flexibility index (Phi) is 6.53. The summed E-state index contributed by atoms with van der Waals surface area (Å²) in [6.45, 7) is 3.03. The lowest BCUT2D eigenvalue weighted by Crippen LogP contribution is -2.57. The van der Waals surface area contributed by atoms with E-state index in [-0.39, 0.29) is 30.1 Å². The molecule has 1 atom stereocenters. The van der Waals surface area contributed by atoms with E-state index in [1.165, 1.54) is 4.90 Å². The fourth-order valence-electron chi connectivity index (χ4n) is 5.57. The second-order valence-corrected chi connectivity index (χ2v) is 10.7. The molecule has 2 aromatic rings. The van der Waals surface area contributed by atoms with Gasteiger partial charge >= 0.3 is 6.03 Å². The van der Waals surface area contributed by atoms with Crippen molar-refractivity contribution in [3.63, 3.8) is 0 Å². The zero-order chi connectivity index (χ0) is 24.7. The molecule has 1 N–H and O–H groups in total. The minimum Gasteiger partial charge on any atom is -0.338 e. The number of nitrogens with zero attached hydrogens (tertiary/aromatic N) is 3. The standard InChI is InChI=1S/C26H29BrN4O4/c1-16-6-4-5-11-30(16)23(32)15-29-14-17(20-13-18(27)9-10-22(20)29)12-21-24(33)28-26(35)31(25(21)34)19-7-2-3-8-19/h9-10,12-14,16,19H,2-8,11,15H2,1H3,(H,28,33,35)/b21-12-/t16-/m1/s1. The van der Waals surface area contributed by atoms with Crippen molar-refractivity contribution in [1.29, 1.82) is 0 Å². The van der Waals surface area contributed by atoms with Crippen LogP contribution >= 0.6 is 15.9 Å². The maximum absolute atomic E-state index is 13.3. The zero-order valence-corrected chi connectivity index (χ0v) is 21.3. The molecule has 1 saturated carbocycles. The van der Waals surface area contributed by atoms with E-state index in [9.17, 15) is 19.2 Å². The Labute approximate surface area is 212 Å². The van der Waals surface area contributed by atoms with Gasteiger partial charge in [0, 0.05) is 45.8 Å². The molecule has 3 heterocycles. The average Bonchev–Trinajstić information content (AvgIpc) is 3.45. The molecule has 3 fully saturated rings. The molecular formula is C26H29BrN4O4. The van der Waals surface area contributed by atoms with Gasteiger partial charge < -0.3 is 9.47 Å². The summed E-state index contributed by atoms with van der Waals surface area (Å²) in [4.78, 5) is 54.7. The molecule has 5 rings (SSSR count). The highest BCUT2D eigenvalue weighted by Crippen LogP contribution is 2.30. The number of hydrogen-bond acceptors (Lipinski definition) is 4. The topological polar surface area (TPSA) is 91.7 Å². The number of amides is 5. The minimum absolute atomic E-state index is 0.0562. The Morgan fingerprint density at radius 1 is 1.11 bits per heavy atom. The second-order valence-electron chi connectivity index (χ2n) is 9.74. The van der Waals surface area contributed by atoms with Crippen LogP contribution in [0.4, 0.5) is 4.79 Å². The van der Waals surface area contributed by atoms with Crippen LogP contribution in [0.2, 0.25) is 0 Å². The summed E-state index contributed by atoms with van der Waals surface area (Å²) in [6, 6.07) is 5.14. The van der Waals surface area contributed by atoms with E-state index in [0.29, 0.717) is 5.56 Å². The number of piperidine rings is 1. The normalized spacial score (nSPS) is 23.0. The van der Waals surface area contributed by atoms with E-state index in [2.05, 4.69) is 28.2 Å². The Morgan fingerprint density at radius 3 is 2.60 bits per heavy atom. The molecule has 1 aromatic carbocycles. The summed E-state index contributed by atoms with van der Waals surface area (Å²) in [7, 11) is 0. The Balaban J connectivity index is 1.50. The van der Waals surface area contributed by atoms with E-state index in [1.54, 1.807) is 6.08 Å². The number of imide groups is 2. The molecule has 35 heavy (non-hydrogen) atoms. The lowest BCUT2D eigenvalue weighted by molar-refractivity contribution is -0.135. The van der Waals surface area contributed by atoms with Gasteiger partial charge in [-0.1, -0.05) is 28.8 Å². The highest BCUT2D eigenvalue weighted by molar-refractivity contribution is 9.10. The summed E-state index contributed by atoms with van der Waals surface area (Å²) >= 11 is 3.50. The third-order valence-electron chi connectivity index (χ3n) is 7.43. The van der Waals surface area contributed by atoms with Crippen molar-refractivity contribution < 1.29 is 19.2 Å². The Hall–Kier alpha value is -2.94. The van der Waals surface area contributed by atoms with Crippen LogP contribution < -0.4 is 5.32 Å². The predicted octanol–water partition coefficient (Wildman–Crippen LogP) is 4.21. The molecule has 8 nitrogen and oxygen atoms in total. The van der Waals surface area contributed by atoms with Crippen LogP contribution in [0.15, 0.2) is 34.4 Å². The van der Waals surface area contributed by atoms with Crippen molar-refractivity contribution in [2.24, 2.45) is 0 Å². The summed E-state index contributed by atoms with van der Waals surface area (Å²) < 4.78 is 2.73. The van der Waals surface area contributed by atoms with E-state index >= 15 is 0 Å². The fourth-order valence-corrected chi connectivity index (χ4v) is 5.93. The first kappa shape index (κ1) is 23.8. The third-order valence-corrected chi connectivity index (χ3v) is 7.92. The van der Waals surface area contributed by atoms with Crippen molar-refractivity contribution in [3.05, 3.63) is 40.0 Å². The lowest BCUT2D eigenvalue weighted by Gasteiger charge is -2.33. The smallest absolute Gasteiger partial charge is 0.331 e. The van der Waals surface area contributed by atoms with E-state index in [0.717, 1.165) is 66.9 Å². The molecule has 2 aliphatic heterocycles. The average molecular weight is 541 g/mol. The van der Waals surface area contributed by atoms with Crippen molar-refractivity contribution in [2.75, 3.05) is 6.54 Å². The number of urea groups is 1. The molecule has 9 heteroatoms. The van der Waals surface area contributed by atoms with Gasteiger partial charge in [0.15, 0.2) is 0 Å². The number of hydrogen-bond donors (Lipinski definition) is 1. The molecule has 1 aromatic heterocycles. The minimum atomic E-state index is -0.691. The van der Waals surface area contributed by atoms with Gasteiger partial charge in [0.2, 0.25) is 5.91 Å². The first-order valence-corrected chi connectivity index (χ1v) is 13.1. The van der Waals surface area contributed by atoms with E-state index in [1.807, 2.05) is 33.9 Å². The quantitative estimate of drug-likeness (QED) is 0.464. The number of likely N-dealkylation sites (tertiary alicyclic amines) is 1. The molecule has 0 bridgehead atoms. The molecule has 0 unspecified atom stereocenters. The number of aromatic nitrogens is 1. The van der Waals surface area contributed by atoms with Crippen LogP contribution in [0.5, 0.6) is 0 Å². The van der Waals surface area contributed by atoms with Crippen LogP contribution in [0, 0.1) is 0 Å². The van der Waals surface area contributed by atoms with Gasteiger partial charge in [0.1, 0.15) is 12.1 Å². The third kappa shape index (κ3) is 4.53. The van der Waals surface area contributed by atoms with Crippen LogP contribution in [-0.4, -0.2) is 56.7 Å². The number of benzene rings is 1. The van der Waals surface area contributed by atoms with Crippen LogP contribution in [0.1, 0.15) is 57.4 Å². The van der Waals surface area contributed by atoms with Crippen LogP contribution in [0.25, 0.3) is 17.0 Å². The van der Waals surface area contributed by atoms with Gasteiger partial charge in [-0.2, -0.15) is 0 Å². The van der Waals surface area contributed by atoms with Crippen molar-refractivity contribution in [3.8, 4) is 0 Å². The van der Waals surface area contributed by atoms with Gasteiger partial charge in [-0.25, -0.2) is 4.79 Å². The molecular weight excluding hydrogens is 512 g/mol. The van der Waals surface area contributed by atoms with Crippen molar-refractivity contribution >= 4 is 56.7 Å². The highest BCUT2D eigenvalue weighted by atomic mass is 79.9. The molecule has 0 spiro atoms. The summed E-state index contributed by atoms with van der Waals surface area (Å²) in [5, 5.41) is 3.15.